The third kappa shape index (κ3) is 0.868. The van der Waals surface area contributed by atoms with Crippen LogP contribution in [-0.2, 0) is 0 Å². The summed E-state index contributed by atoms with van der Waals surface area (Å²) in [5, 5.41) is 0. The van der Waals surface area contributed by atoms with E-state index in [1.807, 2.05) is 0 Å². The van der Waals surface area contributed by atoms with Crippen LogP contribution < -0.4 is 4.94 Å². The molecular weight excluding hydrogens is 113 g/mol. The van der Waals surface area contributed by atoms with Gasteiger partial charge in [0.2, 0.25) is 0 Å². The Labute approximate surface area is 44.3 Å². The van der Waals surface area contributed by atoms with E-state index in [-0.39, 0.29) is 6.01 Å². The van der Waals surface area contributed by atoms with E-state index < -0.39 is 0 Å². The van der Waals surface area contributed by atoms with Gasteiger partial charge in [-0.25, -0.2) is 4.98 Å². The molecule has 1 heterocycles. The van der Waals surface area contributed by atoms with Crippen LogP contribution in [0.25, 0.3) is 0 Å². The van der Waals surface area contributed by atoms with Crippen molar-refractivity contribution in [3.63, 3.8) is 0 Å². The van der Waals surface area contributed by atoms with Gasteiger partial charge >= 0.3 is 6.01 Å². The standard InChI is InChI=1S/C3H2FN3O/c4-8-3-6-1-5-2-7-3/h1-2H. The Morgan fingerprint density at radius 3 is 2.38 bits per heavy atom. The van der Waals surface area contributed by atoms with Crippen LogP contribution >= 0.6 is 0 Å². The lowest BCUT2D eigenvalue weighted by Crippen LogP contribution is -1.86. The van der Waals surface area contributed by atoms with E-state index in [1.54, 1.807) is 0 Å². The lowest BCUT2D eigenvalue weighted by molar-refractivity contribution is -0.0181. The zero-order chi connectivity index (χ0) is 5.82. The summed E-state index contributed by atoms with van der Waals surface area (Å²) in [7, 11) is 0. The predicted molar refractivity (Wildman–Crippen MR) is 21.6 cm³/mol. The zero-order valence-electron chi connectivity index (χ0n) is 3.78. The molecule has 0 aromatic carbocycles. The Bertz CT molecular complexity index is 156. The van der Waals surface area contributed by atoms with Gasteiger partial charge in [-0.05, 0) is 0 Å². The molecule has 0 saturated heterocycles. The van der Waals surface area contributed by atoms with E-state index in [1.165, 1.54) is 0 Å². The molecule has 0 fully saturated rings. The molecule has 1 aromatic heterocycles. The monoisotopic (exact) mass is 115 g/mol. The van der Waals surface area contributed by atoms with Gasteiger partial charge in [0.05, 0.1) is 0 Å². The summed E-state index contributed by atoms with van der Waals surface area (Å²) >= 11 is 0. The summed E-state index contributed by atoms with van der Waals surface area (Å²) in [5.41, 5.74) is 0. The molecule has 1 aromatic rings. The summed E-state index contributed by atoms with van der Waals surface area (Å²) in [4.78, 5) is 13.1. The second kappa shape index (κ2) is 2.15. The maximum Gasteiger partial charge on any atom is 0.362 e. The van der Waals surface area contributed by atoms with Crippen molar-refractivity contribution in [3.8, 4) is 6.01 Å². The number of aromatic nitrogens is 3. The van der Waals surface area contributed by atoms with Crippen molar-refractivity contribution < 1.29 is 9.47 Å². The number of halogens is 1. The van der Waals surface area contributed by atoms with Crippen molar-refractivity contribution in [1.29, 1.82) is 0 Å². The molecule has 0 unspecified atom stereocenters. The van der Waals surface area contributed by atoms with E-state index in [9.17, 15) is 4.53 Å². The fraction of sp³-hybridized carbons (Fsp3) is 0. The van der Waals surface area contributed by atoms with Crippen molar-refractivity contribution in [2.75, 3.05) is 0 Å². The van der Waals surface area contributed by atoms with Gasteiger partial charge in [0, 0.05) is 4.53 Å². The third-order valence-electron chi connectivity index (χ3n) is 0.539. The van der Waals surface area contributed by atoms with Gasteiger partial charge in [-0.2, -0.15) is 9.97 Å². The lowest BCUT2D eigenvalue weighted by Gasteiger charge is -1.84. The van der Waals surface area contributed by atoms with E-state index in [4.69, 9.17) is 0 Å². The first kappa shape index (κ1) is 4.89. The average Bonchev–Trinajstić information content (AvgIpc) is 1.90. The van der Waals surface area contributed by atoms with Crippen molar-refractivity contribution in [2.45, 2.75) is 0 Å². The van der Waals surface area contributed by atoms with Gasteiger partial charge in [-0.15, -0.1) is 0 Å². The molecule has 42 valence electrons. The zero-order valence-corrected chi connectivity index (χ0v) is 3.78. The van der Waals surface area contributed by atoms with Crippen LogP contribution in [0.1, 0.15) is 0 Å². The van der Waals surface area contributed by atoms with Gasteiger partial charge in [-0.3, -0.25) is 4.94 Å². The first-order chi connectivity index (χ1) is 3.93. The number of hydrogen-bond acceptors (Lipinski definition) is 4. The first-order valence-electron chi connectivity index (χ1n) is 1.84. The minimum Gasteiger partial charge on any atom is -0.251 e. The van der Waals surface area contributed by atoms with E-state index >= 15 is 0 Å². The van der Waals surface area contributed by atoms with E-state index in [2.05, 4.69) is 19.9 Å². The van der Waals surface area contributed by atoms with Crippen molar-refractivity contribution in [1.82, 2.24) is 15.0 Å². The molecule has 0 aliphatic carbocycles. The highest BCUT2D eigenvalue weighted by Gasteiger charge is 1.89. The number of hydrogen-bond donors (Lipinski definition) is 0. The molecule has 1 rings (SSSR count). The lowest BCUT2D eigenvalue weighted by atomic mass is 11.0. The van der Waals surface area contributed by atoms with Crippen LogP contribution in [0, 0.1) is 0 Å². The Balaban J connectivity index is 2.83. The molecular formula is C3H2FN3O. The third-order valence-corrected chi connectivity index (χ3v) is 0.539. The fourth-order valence-electron chi connectivity index (χ4n) is 0.268. The van der Waals surface area contributed by atoms with Crippen LogP contribution in [0.2, 0.25) is 0 Å². The molecule has 0 radical (unpaired) electrons. The van der Waals surface area contributed by atoms with Crippen LogP contribution in [0.15, 0.2) is 12.7 Å². The smallest absolute Gasteiger partial charge is 0.251 e. The summed E-state index contributed by atoms with van der Waals surface area (Å²) in [6, 6.07) is -0.319. The highest BCUT2D eigenvalue weighted by molar-refractivity contribution is 4.84. The quantitative estimate of drug-likeness (QED) is 0.522. The molecule has 4 nitrogen and oxygen atoms in total. The maximum absolute atomic E-state index is 11.1. The highest BCUT2D eigenvalue weighted by Crippen LogP contribution is 1.93. The molecule has 0 spiro atoms. The summed E-state index contributed by atoms with van der Waals surface area (Å²) < 4.78 is 11.1. The molecule has 5 heteroatoms. The SMILES string of the molecule is FOc1ncncn1. The summed E-state index contributed by atoms with van der Waals surface area (Å²) in [6.45, 7) is 0. The second-order valence-corrected chi connectivity index (χ2v) is 0.998. The molecule has 0 aliphatic rings. The second-order valence-electron chi connectivity index (χ2n) is 0.998. The van der Waals surface area contributed by atoms with Gasteiger partial charge in [0.25, 0.3) is 0 Å². The number of rotatable bonds is 1. The van der Waals surface area contributed by atoms with Crippen LogP contribution in [-0.4, -0.2) is 15.0 Å². The van der Waals surface area contributed by atoms with Crippen LogP contribution in [0.4, 0.5) is 4.53 Å². The molecule has 8 heavy (non-hydrogen) atoms. The number of nitrogens with zero attached hydrogens (tertiary/aromatic N) is 3. The average molecular weight is 115 g/mol. The maximum atomic E-state index is 11.1. The van der Waals surface area contributed by atoms with E-state index in [0.29, 0.717) is 0 Å². The highest BCUT2D eigenvalue weighted by atomic mass is 19.3. The fourth-order valence-corrected chi connectivity index (χ4v) is 0.268. The Morgan fingerprint density at radius 1 is 1.38 bits per heavy atom. The van der Waals surface area contributed by atoms with Crippen molar-refractivity contribution >= 4 is 0 Å². The topological polar surface area (TPSA) is 47.9 Å². The molecule has 0 aliphatic heterocycles. The van der Waals surface area contributed by atoms with Crippen LogP contribution in [0.5, 0.6) is 6.01 Å². The Kier molecular flexibility index (Phi) is 1.32. The summed E-state index contributed by atoms with van der Waals surface area (Å²) in [6.07, 6.45) is 2.28. The normalized spacial score (nSPS) is 8.62. The van der Waals surface area contributed by atoms with Crippen LogP contribution in [0.3, 0.4) is 0 Å². The molecule has 0 amide bonds. The predicted octanol–water partition coefficient (Wildman–Crippen LogP) is 0.135. The molecule has 0 bridgehead atoms. The molecule has 0 atom stereocenters. The minimum absolute atomic E-state index is 0.319. The largest absolute Gasteiger partial charge is 0.362 e. The van der Waals surface area contributed by atoms with E-state index in [0.717, 1.165) is 12.7 Å². The summed E-state index contributed by atoms with van der Waals surface area (Å²) in [5.74, 6) is 0. The Morgan fingerprint density at radius 2 is 2.00 bits per heavy atom. The van der Waals surface area contributed by atoms with Gasteiger partial charge in [0.15, 0.2) is 0 Å². The van der Waals surface area contributed by atoms with Crippen molar-refractivity contribution in [2.24, 2.45) is 0 Å². The van der Waals surface area contributed by atoms with Gasteiger partial charge in [0.1, 0.15) is 12.7 Å². The molecule has 0 N–H and O–H groups in total. The minimum atomic E-state index is -0.319. The van der Waals surface area contributed by atoms with Gasteiger partial charge in [-0.1, -0.05) is 0 Å². The van der Waals surface area contributed by atoms with Crippen molar-refractivity contribution in [3.05, 3.63) is 12.7 Å². The Hall–Kier alpha value is -1.26. The first-order valence-corrected chi connectivity index (χ1v) is 1.84. The van der Waals surface area contributed by atoms with Gasteiger partial charge < -0.3 is 0 Å². The molecule has 0 saturated carbocycles.